The van der Waals surface area contributed by atoms with Crippen molar-refractivity contribution in [3.05, 3.63) is 47.9 Å². The Kier molecular flexibility index (Phi) is 7.08. The topological polar surface area (TPSA) is 87.0 Å². The molecule has 0 radical (unpaired) electrons. The van der Waals surface area contributed by atoms with Crippen molar-refractivity contribution >= 4 is 11.9 Å². The van der Waals surface area contributed by atoms with E-state index in [9.17, 15) is 9.59 Å². The van der Waals surface area contributed by atoms with Crippen molar-refractivity contribution in [2.45, 2.75) is 33.0 Å². The number of para-hydroxylation sites is 2. The molecule has 1 amide bonds. The Bertz CT molecular complexity index is 737. The van der Waals surface area contributed by atoms with Crippen LogP contribution in [0.2, 0.25) is 0 Å². The van der Waals surface area contributed by atoms with E-state index in [2.05, 4.69) is 5.32 Å². The van der Waals surface area contributed by atoms with E-state index in [1.165, 1.54) is 0 Å². The van der Waals surface area contributed by atoms with E-state index < -0.39 is 5.91 Å². The van der Waals surface area contributed by atoms with Gasteiger partial charge in [-0.1, -0.05) is 12.1 Å². The number of rotatable bonds is 9. The Morgan fingerprint density at radius 3 is 2.54 bits per heavy atom. The highest BCUT2D eigenvalue weighted by atomic mass is 16.5. The van der Waals surface area contributed by atoms with Gasteiger partial charge in [-0.3, -0.25) is 9.59 Å². The van der Waals surface area contributed by atoms with E-state index in [4.69, 9.17) is 18.6 Å². The molecule has 1 N–H and O–H groups in total. The van der Waals surface area contributed by atoms with Crippen LogP contribution in [0.1, 0.15) is 36.6 Å². The summed E-state index contributed by atoms with van der Waals surface area (Å²) in [5, 5.41) is 2.61. The van der Waals surface area contributed by atoms with E-state index in [0.717, 1.165) is 0 Å². The molecule has 7 nitrogen and oxygen atoms in total. The second-order valence-electron chi connectivity index (χ2n) is 5.75. The Balaban J connectivity index is 1.81. The summed E-state index contributed by atoms with van der Waals surface area (Å²) in [5.41, 5.74) is 0. The predicted octanol–water partition coefficient (Wildman–Crippen LogP) is 2.94. The minimum Gasteiger partial charge on any atom is -0.493 e. The van der Waals surface area contributed by atoms with Crippen molar-refractivity contribution in [1.82, 2.24) is 5.32 Å². The first-order chi connectivity index (χ1) is 12.5. The highest BCUT2D eigenvalue weighted by molar-refractivity contribution is 5.91. The van der Waals surface area contributed by atoms with Gasteiger partial charge in [0.2, 0.25) is 0 Å². The van der Waals surface area contributed by atoms with Gasteiger partial charge in [-0.2, -0.15) is 0 Å². The van der Waals surface area contributed by atoms with Gasteiger partial charge in [-0.05, 0) is 38.1 Å². The van der Waals surface area contributed by atoms with Gasteiger partial charge < -0.3 is 23.9 Å². The normalized spacial score (nSPS) is 10.5. The number of amides is 1. The summed E-state index contributed by atoms with van der Waals surface area (Å²) >= 11 is 0. The summed E-state index contributed by atoms with van der Waals surface area (Å²) in [6.07, 6.45) is -0.0666. The molecule has 0 spiro atoms. The van der Waals surface area contributed by atoms with E-state index in [1.54, 1.807) is 45.2 Å². The summed E-state index contributed by atoms with van der Waals surface area (Å²) in [7, 11) is 1.56. The van der Waals surface area contributed by atoms with Crippen LogP contribution in [0.5, 0.6) is 11.5 Å². The van der Waals surface area contributed by atoms with Gasteiger partial charge in [0.05, 0.1) is 19.6 Å². The largest absolute Gasteiger partial charge is 0.493 e. The van der Waals surface area contributed by atoms with Crippen LogP contribution in [0.3, 0.4) is 0 Å². The Morgan fingerprint density at radius 1 is 1.12 bits per heavy atom. The molecule has 0 aliphatic carbocycles. The minimum atomic E-state index is -0.397. The van der Waals surface area contributed by atoms with E-state index in [1.807, 2.05) is 12.1 Å². The number of nitrogens with one attached hydrogen (secondary N) is 1. The molecule has 0 aliphatic rings. The second-order valence-corrected chi connectivity index (χ2v) is 5.75. The molecule has 2 aromatic rings. The van der Waals surface area contributed by atoms with Crippen LogP contribution < -0.4 is 14.8 Å². The lowest BCUT2D eigenvalue weighted by atomic mass is 10.3. The number of benzene rings is 1. The average molecular weight is 361 g/mol. The number of carbonyl (C=O) groups excluding carboxylic acids is 2. The van der Waals surface area contributed by atoms with E-state index in [-0.39, 0.29) is 37.4 Å². The standard InChI is InChI=1S/C19H23NO6/c1-13(2)25-18(21)10-11-20-19(22)17-9-8-14(26-17)12-24-16-7-5-4-6-15(16)23-3/h4-9,13H,10-12H2,1-3H3,(H,20,22). The van der Waals surface area contributed by atoms with Gasteiger partial charge in [-0.15, -0.1) is 0 Å². The minimum absolute atomic E-state index is 0.106. The smallest absolute Gasteiger partial charge is 0.307 e. The fraction of sp³-hybridized carbons (Fsp3) is 0.368. The molecule has 0 fully saturated rings. The summed E-state index contributed by atoms with van der Waals surface area (Å²) in [5.74, 6) is 1.10. The third kappa shape index (κ3) is 5.84. The summed E-state index contributed by atoms with van der Waals surface area (Å²) in [6.45, 7) is 3.88. The summed E-state index contributed by atoms with van der Waals surface area (Å²) in [6, 6.07) is 10.5. The number of furan rings is 1. The lowest BCUT2D eigenvalue weighted by molar-refractivity contribution is -0.147. The number of hydrogen-bond acceptors (Lipinski definition) is 6. The van der Waals surface area contributed by atoms with Gasteiger partial charge in [-0.25, -0.2) is 0 Å². The van der Waals surface area contributed by atoms with Crippen molar-refractivity contribution in [2.75, 3.05) is 13.7 Å². The van der Waals surface area contributed by atoms with Gasteiger partial charge in [0.1, 0.15) is 12.4 Å². The van der Waals surface area contributed by atoms with Gasteiger partial charge in [0, 0.05) is 6.54 Å². The molecule has 0 aliphatic heterocycles. The number of ether oxygens (including phenoxy) is 3. The molecule has 1 aromatic carbocycles. The molecule has 140 valence electrons. The maximum Gasteiger partial charge on any atom is 0.307 e. The molecule has 7 heteroatoms. The van der Waals surface area contributed by atoms with E-state index >= 15 is 0 Å². The molecule has 1 aromatic heterocycles. The summed E-state index contributed by atoms with van der Waals surface area (Å²) in [4.78, 5) is 23.4. The Hall–Kier alpha value is -2.96. The molecule has 26 heavy (non-hydrogen) atoms. The molecular weight excluding hydrogens is 338 g/mol. The zero-order valence-corrected chi connectivity index (χ0v) is 15.1. The molecular formula is C19H23NO6. The number of carbonyl (C=O) groups is 2. The number of methoxy groups -OCH3 is 1. The lowest BCUT2D eigenvalue weighted by Gasteiger charge is -2.09. The highest BCUT2D eigenvalue weighted by Gasteiger charge is 2.13. The molecule has 0 unspecified atom stereocenters. The zero-order chi connectivity index (χ0) is 18.9. The third-order valence-electron chi connectivity index (χ3n) is 3.31. The van der Waals surface area contributed by atoms with Gasteiger partial charge in [0.15, 0.2) is 17.3 Å². The van der Waals surface area contributed by atoms with Crippen LogP contribution in [0.4, 0.5) is 0 Å². The van der Waals surface area contributed by atoms with Crippen molar-refractivity contribution in [1.29, 1.82) is 0 Å². The van der Waals surface area contributed by atoms with Crippen molar-refractivity contribution in [2.24, 2.45) is 0 Å². The third-order valence-corrected chi connectivity index (χ3v) is 3.31. The Labute approximate surface area is 152 Å². The highest BCUT2D eigenvalue weighted by Crippen LogP contribution is 2.26. The van der Waals surface area contributed by atoms with Crippen LogP contribution in [0.15, 0.2) is 40.8 Å². The fourth-order valence-electron chi connectivity index (χ4n) is 2.15. The van der Waals surface area contributed by atoms with Crippen molar-refractivity contribution < 1.29 is 28.2 Å². The lowest BCUT2D eigenvalue weighted by Crippen LogP contribution is -2.26. The molecule has 0 atom stereocenters. The quantitative estimate of drug-likeness (QED) is 0.691. The van der Waals surface area contributed by atoms with Crippen LogP contribution in [0, 0.1) is 0 Å². The Morgan fingerprint density at radius 2 is 1.85 bits per heavy atom. The van der Waals surface area contributed by atoms with Crippen LogP contribution in [-0.2, 0) is 16.1 Å². The average Bonchev–Trinajstić information content (AvgIpc) is 3.08. The fourth-order valence-corrected chi connectivity index (χ4v) is 2.15. The van der Waals surface area contributed by atoms with Crippen LogP contribution in [0.25, 0.3) is 0 Å². The molecule has 0 saturated carbocycles. The summed E-state index contributed by atoms with van der Waals surface area (Å²) < 4.78 is 21.3. The number of esters is 1. The van der Waals surface area contributed by atoms with Crippen LogP contribution >= 0.6 is 0 Å². The number of hydrogen-bond donors (Lipinski definition) is 1. The first kappa shape index (κ1) is 19.4. The molecule has 2 rings (SSSR count). The molecule has 0 saturated heterocycles. The second kappa shape index (κ2) is 9.50. The maximum absolute atomic E-state index is 12.0. The predicted molar refractivity (Wildman–Crippen MR) is 94.2 cm³/mol. The van der Waals surface area contributed by atoms with Crippen molar-refractivity contribution in [3.63, 3.8) is 0 Å². The van der Waals surface area contributed by atoms with Crippen molar-refractivity contribution in [3.8, 4) is 11.5 Å². The molecule has 0 bridgehead atoms. The van der Waals surface area contributed by atoms with E-state index in [0.29, 0.717) is 17.3 Å². The SMILES string of the molecule is COc1ccccc1OCc1ccc(C(=O)NCCC(=O)OC(C)C)o1. The monoisotopic (exact) mass is 361 g/mol. The zero-order valence-electron chi connectivity index (χ0n) is 15.1. The first-order valence-corrected chi connectivity index (χ1v) is 8.31. The van der Waals surface area contributed by atoms with Gasteiger partial charge >= 0.3 is 5.97 Å². The molecule has 1 heterocycles. The maximum atomic E-state index is 12.0. The van der Waals surface area contributed by atoms with Crippen LogP contribution in [-0.4, -0.2) is 31.6 Å². The first-order valence-electron chi connectivity index (χ1n) is 8.31. The van der Waals surface area contributed by atoms with Gasteiger partial charge in [0.25, 0.3) is 5.91 Å².